The van der Waals surface area contributed by atoms with E-state index in [0.29, 0.717) is 25.8 Å². The third-order valence-electron chi connectivity index (χ3n) is 4.05. The number of carbonyl (C=O) groups is 2. The smallest absolute Gasteiger partial charge is 0.235 e. The number of carbonyl (C=O) groups excluding carboxylic acids is 2. The van der Waals surface area contributed by atoms with Crippen LogP contribution >= 0.6 is 0 Å². The van der Waals surface area contributed by atoms with Gasteiger partial charge in [0.15, 0.2) is 0 Å². The Balaban J connectivity index is 1.94. The number of nitrogens with zero attached hydrogens (tertiary/aromatic N) is 1. The third kappa shape index (κ3) is 2.37. The number of likely N-dealkylation sites (tertiary alicyclic amines) is 1. The van der Waals surface area contributed by atoms with Crippen LogP contribution in [-0.4, -0.2) is 34.5 Å². The Morgan fingerprint density at radius 2 is 2.00 bits per heavy atom. The zero-order valence-electron chi connectivity index (χ0n) is 10.4. The van der Waals surface area contributed by atoms with Gasteiger partial charge in [-0.25, -0.2) is 0 Å². The lowest BCUT2D eigenvalue weighted by Gasteiger charge is -2.21. The Morgan fingerprint density at radius 3 is 2.59 bits per heavy atom. The van der Waals surface area contributed by atoms with Gasteiger partial charge in [-0.3, -0.25) is 14.5 Å². The van der Waals surface area contributed by atoms with Crippen molar-refractivity contribution in [1.82, 2.24) is 4.90 Å². The van der Waals surface area contributed by atoms with E-state index in [1.807, 2.05) is 0 Å². The second kappa shape index (κ2) is 4.77. The largest absolute Gasteiger partial charge is 0.393 e. The first kappa shape index (κ1) is 12.6. The summed E-state index contributed by atoms with van der Waals surface area (Å²) in [5, 5.41) is 9.17. The van der Waals surface area contributed by atoms with Crippen LogP contribution in [0.5, 0.6) is 0 Å². The summed E-state index contributed by atoms with van der Waals surface area (Å²) in [5.74, 6) is 0.0353. The number of amides is 2. The molecule has 1 aliphatic carbocycles. The fourth-order valence-electron chi connectivity index (χ4n) is 3.07. The van der Waals surface area contributed by atoms with E-state index >= 15 is 0 Å². The van der Waals surface area contributed by atoms with E-state index in [2.05, 4.69) is 0 Å². The molecule has 0 bridgehead atoms. The second-order valence-corrected chi connectivity index (χ2v) is 5.51. The molecule has 1 spiro atoms. The molecule has 1 saturated heterocycles. The molecule has 0 aromatic heterocycles. The summed E-state index contributed by atoms with van der Waals surface area (Å²) in [5.41, 5.74) is -0.345. The Hall–Kier alpha value is -0.900. The zero-order chi connectivity index (χ0) is 12.5. The van der Waals surface area contributed by atoms with Crippen molar-refractivity contribution in [3.05, 3.63) is 0 Å². The monoisotopic (exact) mass is 239 g/mol. The van der Waals surface area contributed by atoms with Gasteiger partial charge in [0.05, 0.1) is 11.5 Å². The van der Waals surface area contributed by atoms with Crippen molar-refractivity contribution in [1.29, 1.82) is 0 Å². The molecule has 96 valence electrons. The molecule has 17 heavy (non-hydrogen) atoms. The summed E-state index contributed by atoms with van der Waals surface area (Å²) in [6.07, 6.45) is 5.30. The molecule has 0 aromatic rings. The van der Waals surface area contributed by atoms with Crippen LogP contribution in [0, 0.1) is 5.41 Å². The Bertz CT molecular complexity index is 319. The van der Waals surface area contributed by atoms with Crippen LogP contribution in [0.4, 0.5) is 0 Å². The third-order valence-corrected chi connectivity index (χ3v) is 4.05. The number of aliphatic hydroxyl groups is 1. The fourth-order valence-corrected chi connectivity index (χ4v) is 3.07. The molecule has 2 fully saturated rings. The molecule has 0 radical (unpaired) electrons. The number of hydrogen-bond acceptors (Lipinski definition) is 3. The van der Waals surface area contributed by atoms with Crippen molar-refractivity contribution in [2.45, 2.75) is 58.0 Å². The van der Waals surface area contributed by atoms with E-state index < -0.39 is 0 Å². The highest BCUT2D eigenvalue weighted by Gasteiger charge is 2.52. The van der Waals surface area contributed by atoms with Crippen LogP contribution in [0.3, 0.4) is 0 Å². The second-order valence-electron chi connectivity index (χ2n) is 5.51. The van der Waals surface area contributed by atoms with E-state index in [-0.39, 0.29) is 23.3 Å². The average Bonchev–Trinajstić information content (AvgIpc) is 2.80. The highest BCUT2D eigenvalue weighted by molar-refractivity contribution is 6.06. The predicted octanol–water partition coefficient (Wildman–Crippen LogP) is 1.47. The van der Waals surface area contributed by atoms with Crippen molar-refractivity contribution < 1.29 is 14.7 Å². The van der Waals surface area contributed by atoms with Gasteiger partial charge < -0.3 is 5.11 Å². The van der Waals surface area contributed by atoms with Crippen LogP contribution in [0.25, 0.3) is 0 Å². The minimum Gasteiger partial charge on any atom is -0.393 e. The van der Waals surface area contributed by atoms with Crippen molar-refractivity contribution >= 4 is 11.8 Å². The Labute approximate surface area is 102 Å². The summed E-state index contributed by atoms with van der Waals surface area (Å²) >= 11 is 0. The van der Waals surface area contributed by atoms with Gasteiger partial charge in [0.25, 0.3) is 0 Å². The molecule has 1 heterocycles. The molecule has 1 atom stereocenters. The molecule has 2 rings (SSSR count). The quantitative estimate of drug-likeness (QED) is 0.756. The van der Waals surface area contributed by atoms with Gasteiger partial charge in [-0.1, -0.05) is 12.8 Å². The standard InChI is InChI=1S/C13H21NO3/c1-10(15)5-4-8-14-11(16)9-13(12(14)17)6-2-3-7-13/h10,15H,2-9H2,1H3. The molecule has 1 saturated carbocycles. The highest BCUT2D eigenvalue weighted by atomic mass is 16.3. The van der Waals surface area contributed by atoms with Gasteiger partial charge in [0.2, 0.25) is 11.8 Å². The first-order valence-corrected chi connectivity index (χ1v) is 6.58. The Morgan fingerprint density at radius 1 is 1.35 bits per heavy atom. The molecule has 0 aromatic carbocycles. The molecule has 2 amide bonds. The van der Waals surface area contributed by atoms with Crippen molar-refractivity contribution in [3.8, 4) is 0 Å². The van der Waals surface area contributed by atoms with Crippen LogP contribution in [-0.2, 0) is 9.59 Å². The first-order chi connectivity index (χ1) is 8.05. The van der Waals surface area contributed by atoms with Gasteiger partial charge in [-0.2, -0.15) is 0 Å². The minimum atomic E-state index is -0.358. The molecule has 1 N–H and O–H groups in total. The summed E-state index contributed by atoms with van der Waals surface area (Å²) in [6.45, 7) is 2.20. The van der Waals surface area contributed by atoms with E-state index in [4.69, 9.17) is 0 Å². The number of aliphatic hydroxyl groups excluding tert-OH is 1. The van der Waals surface area contributed by atoms with Crippen LogP contribution < -0.4 is 0 Å². The van der Waals surface area contributed by atoms with Crippen molar-refractivity contribution in [2.24, 2.45) is 5.41 Å². The zero-order valence-corrected chi connectivity index (χ0v) is 10.4. The van der Waals surface area contributed by atoms with Gasteiger partial charge >= 0.3 is 0 Å². The van der Waals surface area contributed by atoms with E-state index in [9.17, 15) is 14.7 Å². The van der Waals surface area contributed by atoms with Gasteiger partial charge in [-0.05, 0) is 32.6 Å². The topological polar surface area (TPSA) is 57.6 Å². The fraction of sp³-hybridized carbons (Fsp3) is 0.846. The van der Waals surface area contributed by atoms with Gasteiger partial charge in [0.1, 0.15) is 0 Å². The number of rotatable bonds is 4. The SMILES string of the molecule is CC(O)CCCN1C(=O)CC2(CCCC2)C1=O. The molecule has 4 heteroatoms. The lowest BCUT2D eigenvalue weighted by molar-refractivity contribution is -0.141. The van der Waals surface area contributed by atoms with Crippen LogP contribution in [0.2, 0.25) is 0 Å². The highest BCUT2D eigenvalue weighted by Crippen LogP contribution is 2.46. The maximum atomic E-state index is 12.3. The first-order valence-electron chi connectivity index (χ1n) is 6.58. The molecule has 2 aliphatic rings. The Kier molecular flexibility index (Phi) is 3.52. The lowest BCUT2D eigenvalue weighted by Crippen LogP contribution is -2.35. The minimum absolute atomic E-state index is 0.0116. The predicted molar refractivity (Wildman–Crippen MR) is 63.2 cm³/mol. The van der Waals surface area contributed by atoms with Gasteiger partial charge in [-0.15, -0.1) is 0 Å². The average molecular weight is 239 g/mol. The van der Waals surface area contributed by atoms with Crippen molar-refractivity contribution in [3.63, 3.8) is 0 Å². The van der Waals surface area contributed by atoms with E-state index in [0.717, 1.165) is 25.7 Å². The molecular formula is C13H21NO3. The van der Waals surface area contributed by atoms with Crippen LogP contribution in [0.15, 0.2) is 0 Å². The van der Waals surface area contributed by atoms with E-state index in [1.54, 1.807) is 6.92 Å². The maximum Gasteiger partial charge on any atom is 0.235 e. The van der Waals surface area contributed by atoms with Crippen molar-refractivity contribution in [2.75, 3.05) is 6.54 Å². The molecule has 1 aliphatic heterocycles. The summed E-state index contributed by atoms with van der Waals surface area (Å²) in [6, 6.07) is 0. The summed E-state index contributed by atoms with van der Waals surface area (Å²) in [4.78, 5) is 25.5. The van der Waals surface area contributed by atoms with E-state index in [1.165, 1.54) is 4.90 Å². The molecule has 4 nitrogen and oxygen atoms in total. The molecular weight excluding hydrogens is 218 g/mol. The lowest BCUT2D eigenvalue weighted by atomic mass is 9.84. The van der Waals surface area contributed by atoms with Gasteiger partial charge in [0, 0.05) is 13.0 Å². The summed E-state index contributed by atoms with van der Waals surface area (Å²) < 4.78 is 0. The number of imide groups is 1. The normalized spacial score (nSPS) is 24.9. The van der Waals surface area contributed by atoms with Crippen LogP contribution in [0.1, 0.15) is 51.9 Å². The summed E-state index contributed by atoms with van der Waals surface area (Å²) in [7, 11) is 0. The maximum absolute atomic E-state index is 12.3. The molecule has 1 unspecified atom stereocenters. The number of hydrogen-bond donors (Lipinski definition) is 1.